The number of halogens is 3. The number of rotatable bonds is 6. The SMILES string of the molecule is CCCNC(Cc1ccc(F)cc1)c1ccc(F)c(Br)c1. The second kappa shape index (κ2) is 7.66. The van der Waals surface area contributed by atoms with E-state index in [1.54, 1.807) is 24.3 Å². The molecule has 2 rings (SSSR count). The van der Waals surface area contributed by atoms with Gasteiger partial charge >= 0.3 is 0 Å². The molecule has 0 radical (unpaired) electrons. The van der Waals surface area contributed by atoms with Crippen LogP contribution in [0.2, 0.25) is 0 Å². The second-order valence-corrected chi connectivity index (χ2v) is 5.87. The van der Waals surface area contributed by atoms with Crippen LogP contribution in [0.15, 0.2) is 46.9 Å². The molecular formula is C17H18BrF2N. The standard InChI is InChI=1S/C17H18BrF2N/c1-2-9-21-17(10-12-3-6-14(19)7-4-12)13-5-8-16(20)15(18)11-13/h3-8,11,17,21H,2,9-10H2,1H3. The van der Waals surface area contributed by atoms with E-state index in [0.29, 0.717) is 4.47 Å². The van der Waals surface area contributed by atoms with E-state index >= 15 is 0 Å². The fourth-order valence-electron chi connectivity index (χ4n) is 2.21. The fraction of sp³-hybridized carbons (Fsp3) is 0.294. The summed E-state index contributed by atoms with van der Waals surface area (Å²) in [5.74, 6) is -0.504. The van der Waals surface area contributed by atoms with Gasteiger partial charge in [-0.15, -0.1) is 0 Å². The van der Waals surface area contributed by atoms with Crippen LogP contribution >= 0.6 is 15.9 Å². The molecule has 0 amide bonds. The van der Waals surface area contributed by atoms with E-state index in [-0.39, 0.29) is 17.7 Å². The van der Waals surface area contributed by atoms with Gasteiger partial charge in [0, 0.05) is 6.04 Å². The van der Waals surface area contributed by atoms with Gasteiger partial charge in [-0.3, -0.25) is 0 Å². The average molecular weight is 354 g/mol. The zero-order valence-electron chi connectivity index (χ0n) is 11.9. The molecule has 0 aromatic heterocycles. The molecule has 0 fully saturated rings. The maximum atomic E-state index is 13.4. The summed E-state index contributed by atoms with van der Waals surface area (Å²) in [6.07, 6.45) is 1.75. The summed E-state index contributed by atoms with van der Waals surface area (Å²) in [5, 5.41) is 3.46. The third-order valence-electron chi connectivity index (χ3n) is 3.34. The van der Waals surface area contributed by atoms with Crippen LogP contribution in [-0.4, -0.2) is 6.54 Å². The van der Waals surface area contributed by atoms with Gasteiger partial charge in [0.05, 0.1) is 4.47 Å². The molecule has 0 bridgehead atoms. The zero-order chi connectivity index (χ0) is 15.2. The molecule has 0 aliphatic rings. The van der Waals surface area contributed by atoms with Crippen molar-refractivity contribution in [2.24, 2.45) is 0 Å². The van der Waals surface area contributed by atoms with Gasteiger partial charge in [0.2, 0.25) is 0 Å². The van der Waals surface area contributed by atoms with Crippen LogP contribution in [0.3, 0.4) is 0 Å². The van der Waals surface area contributed by atoms with Crippen molar-refractivity contribution in [3.05, 3.63) is 69.7 Å². The van der Waals surface area contributed by atoms with Crippen molar-refractivity contribution in [3.63, 3.8) is 0 Å². The Kier molecular flexibility index (Phi) is 5.88. The molecule has 1 atom stereocenters. The quantitative estimate of drug-likeness (QED) is 0.769. The first kappa shape index (κ1) is 16.1. The van der Waals surface area contributed by atoms with Crippen molar-refractivity contribution in [1.29, 1.82) is 0 Å². The van der Waals surface area contributed by atoms with E-state index in [1.807, 2.05) is 0 Å². The molecular weight excluding hydrogens is 336 g/mol. The van der Waals surface area contributed by atoms with Gasteiger partial charge in [-0.2, -0.15) is 0 Å². The topological polar surface area (TPSA) is 12.0 Å². The zero-order valence-corrected chi connectivity index (χ0v) is 13.5. The van der Waals surface area contributed by atoms with Crippen molar-refractivity contribution in [2.75, 3.05) is 6.54 Å². The second-order valence-electron chi connectivity index (χ2n) is 5.01. The van der Waals surface area contributed by atoms with Gasteiger partial charge in [0.15, 0.2) is 0 Å². The number of benzene rings is 2. The third-order valence-corrected chi connectivity index (χ3v) is 3.95. The Hall–Kier alpha value is -1.26. The highest BCUT2D eigenvalue weighted by molar-refractivity contribution is 9.10. The smallest absolute Gasteiger partial charge is 0.137 e. The summed E-state index contributed by atoms with van der Waals surface area (Å²) in [5.41, 5.74) is 2.06. The molecule has 0 spiro atoms. The molecule has 112 valence electrons. The van der Waals surface area contributed by atoms with Gasteiger partial charge < -0.3 is 5.32 Å². The fourth-order valence-corrected chi connectivity index (χ4v) is 2.61. The van der Waals surface area contributed by atoms with Gasteiger partial charge in [-0.25, -0.2) is 8.78 Å². The van der Waals surface area contributed by atoms with Crippen LogP contribution in [0, 0.1) is 11.6 Å². The third kappa shape index (κ3) is 4.61. The van der Waals surface area contributed by atoms with Crippen LogP contribution in [0.5, 0.6) is 0 Å². The monoisotopic (exact) mass is 353 g/mol. The van der Waals surface area contributed by atoms with Crippen LogP contribution in [0.4, 0.5) is 8.78 Å². The lowest BCUT2D eigenvalue weighted by Gasteiger charge is -2.19. The summed E-state index contributed by atoms with van der Waals surface area (Å²) >= 11 is 3.23. The lowest BCUT2D eigenvalue weighted by atomic mass is 9.98. The average Bonchev–Trinajstić information content (AvgIpc) is 2.48. The predicted molar refractivity (Wildman–Crippen MR) is 85.2 cm³/mol. The molecule has 21 heavy (non-hydrogen) atoms. The summed E-state index contributed by atoms with van der Waals surface area (Å²) < 4.78 is 26.8. The normalized spacial score (nSPS) is 12.4. The Morgan fingerprint density at radius 3 is 2.43 bits per heavy atom. The first-order valence-electron chi connectivity index (χ1n) is 7.03. The molecule has 0 saturated carbocycles. The largest absolute Gasteiger partial charge is 0.310 e. The minimum atomic E-state index is -0.269. The van der Waals surface area contributed by atoms with Crippen LogP contribution in [0.1, 0.15) is 30.5 Å². The molecule has 0 saturated heterocycles. The van der Waals surface area contributed by atoms with Crippen LogP contribution in [0.25, 0.3) is 0 Å². The summed E-state index contributed by atoms with van der Waals surface area (Å²) in [6.45, 7) is 2.98. The molecule has 4 heteroatoms. The maximum Gasteiger partial charge on any atom is 0.137 e. The van der Waals surface area contributed by atoms with Crippen molar-refractivity contribution >= 4 is 15.9 Å². The van der Waals surface area contributed by atoms with Gasteiger partial charge in [-0.05, 0) is 70.7 Å². The Balaban J connectivity index is 2.20. The van der Waals surface area contributed by atoms with E-state index in [4.69, 9.17) is 0 Å². The first-order valence-corrected chi connectivity index (χ1v) is 7.82. The Labute approximate surface area is 132 Å². The highest BCUT2D eigenvalue weighted by Gasteiger charge is 2.13. The van der Waals surface area contributed by atoms with Gasteiger partial charge in [-0.1, -0.05) is 25.1 Å². The van der Waals surface area contributed by atoms with E-state index in [2.05, 4.69) is 28.2 Å². The van der Waals surface area contributed by atoms with Crippen LogP contribution in [-0.2, 0) is 6.42 Å². The number of hydrogen-bond donors (Lipinski definition) is 1. The molecule has 1 nitrogen and oxygen atoms in total. The van der Waals surface area contributed by atoms with Crippen molar-refractivity contribution in [1.82, 2.24) is 5.32 Å². The minimum Gasteiger partial charge on any atom is -0.310 e. The summed E-state index contributed by atoms with van der Waals surface area (Å²) in [4.78, 5) is 0. The molecule has 1 N–H and O–H groups in total. The Morgan fingerprint density at radius 2 is 1.81 bits per heavy atom. The number of hydrogen-bond acceptors (Lipinski definition) is 1. The molecule has 2 aromatic rings. The van der Waals surface area contributed by atoms with E-state index in [1.165, 1.54) is 18.2 Å². The Morgan fingerprint density at radius 1 is 1.10 bits per heavy atom. The summed E-state index contributed by atoms with van der Waals surface area (Å²) in [7, 11) is 0. The van der Waals surface area contributed by atoms with E-state index in [9.17, 15) is 8.78 Å². The lowest BCUT2D eigenvalue weighted by Crippen LogP contribution is -2.24. The number of nitrogens with one attached hydrogen (secondary N) is 1. The van der Waals surface area contributed by atoms with Gasteiger partial charge in [0.25, 0.3) is 0 Å². The lowest BCUT2D eigenvalue weighted by molar-refractivity contribution is 0.526. The first-order chi connectivity index (χ1) is 10.1. The highest BCUT2D eigenvalue weighted by atomic mass is 79.9. The van der Waals surface area contributed by atoms with Crippen molar-refractivity contribution in [3.8, 4) is 0 Å². The van der Waals surface area contributed by atoms with Crippen LogP contribution < -0.4 is 5.32 Å². The van der Waals surface area contributed by atoms with Gasteiger partial charge in [0.1, 0.15) is 11.6 Å². The van der Waals surface area contributed by atoms with Crippen molar-refractivity contribution < 1.29 is 8.78 Å². The minimum absolute atomic E-state index is 0.0762. The molecule has 0 heterocycles. The van der Waals surface area contributed by atoms with Crippen molar-refractivity contribution in [2.45, 2.75) is 25.8 Å². The highest BCUT2D eigenvalue weighted by Crippen LogP contribution is 2.24. The predicted octanol–water partition coefficient (Wildman–Crippen LogP) is 5.01. The maximum absolute atomic E-state index is 13.4. The molecule has 0 aliphatic heterocycles. The molecule has 0 aliphatic carbocycles. The van der Waals surface area contributed by atoms with E-state index < -0.39 is 0 Å². The summed E-state index contributed by atoms with van der Waals surface area (Å²) in [6, 6.07) is 11.6. The Bertz CT molecular complexity index is 584. The van der Waals surface area contributed by atoms with E-state index in [0.717, 1.165) is 30.5 Å². The molecule has 1 unspecified atom stereocenters. The molecule has 2 aromatic carbocycles.